The fourth-order valence-electron chi connectivity index (χ4n) is 3.26. The van der Waals surface area contributed by atoms with Gasteiger partial charge in [0.15, 0.2) is 5.17 Å². The van der Waals surface area contributed by atoms with Gasteiger partial charge in [-0.15, -0.1) is 0 Å². The van der Waals surface area contributed by atoms with Crippen molar-refractivity contribution in [2.75, 3.05) is 0 Å². The van der Waals surface area contributed by atoms with Gasteiger partial charge in [-0.1, -0.05) is 37.6 Å². The maximum atomic E-state index is 12.4. The van der Waals surface area contributed by atoms with Crippen molar-refractivity contribution in [3.63, 3.8) is 0 Å². The van der Waals surface area contributed by atoms with E-state index in [4.69, 9.17) is 4.42 Å². The molecule has 32 heavy (non-hydrogen) atoms. The summed E-state index contributed by atoms with van der Waals surface area (Å²) in [5, 5.41) is 14.5. The van der Waals surface area contributed by atoms with Crippen LogP contribution in [-0.4, -0.2) is 16.0 Å². The van der Waals surface area contributed by atoms with Crippen molar-refractivity contribution in [3.8, 4) is 11.3 Å². The summed E-state index contributed by atoms with van der Waals surface area (Å²) in [6.45, 7) is 2.17. The second-order valence-electron chi connectivity index (χ2n) is 7.23. The number of nitrogens with zero attached hydrogens (tertiary/aromatic N) is 2. The molecule has 1 aromatic heterocycles. The summed E-state index contributed by atoms with van der Waals surface area (Å²) < 4.78 is 5.76. The molecule has 8 heteroatoms. The molecule has 7 nitrogen and oxygen atoms in total. The molecular formula is C24H21N3O4S. The first-order valence-corrected chi connectivity index (χ1v) is 11.1. The molecule has 0 unspecified atom stereocenters. The summed E-state index contributed by atoms with van der Waals surface area (Å²) in [5.74, 6) is 0.527. The van der Waals surface area contributed by atoms with Gasteiger partial charge in [-0.3, -0.25) is 14.9 Å². The van der Waals surface area contributed by atoms with Crippen LogP contribution in [-0.2, 0) is 11.2 Å². The minimum absolute atomic E-state index is 0.0378. The van der Waals surface area contributed by atoms with Crippen LogP contribution >= 0.6 is 11.8 Å². The first-order chi connectivity index (χ1) is 15.5. The SMILES string of the molecule is CCCCc1ccc(N=C2NC(=O)/C(=C\c3ccc(-c4ccccc4[N+](=O)[O-])o3)S2)cc1. The molecule has 2 heterocycles. The van der Waals surface area contributed by atoms with E-state index in [1.807, 2.05) is 12.1 Å². The van der Waals surface area contributed by atoms with Crippen molar-refractivity contribution < 1.29 is 14.1 Å². The first-order valence-electron chi connectivity index (χ1n) is 10.3. The van der Waals surface area contributed by atoms with Crippen LogP contribution in [0.5, 0.6) is 0 Å². The number of unbranched alkanes of at least 4 members (excludes halogenated alkanes) is 1. The van der Waals surface area contributed by atoms with Gasteiger partial charge in [-0.05, 0) is 60.5 Å². The van der Waals surface area contributed by atoms with Gasteiger partial charge in [0.2, 0.25) is 0 Å². The quantitative estimate of drug-likeness (QED) is 0.268. The molecule has 1 N–H and O–H groups in total. The van der Waals surface area contributed by atoms with Crippen LogP contribution in [0, 0.1) is 10.1 Å². The van der Waals surface area contributed by atoms with Gasteiger partial charge in [0.25, 0.3) is 11.6 Å². The topological polar surface area (TPSA) is 97.7 Å². The minimum Gasteiger partial charge on any atom is -0.456 e. The maximum absolute atomic E-state index is 12.4. The number of aryl methyl sites for hydroxylation is 1. The van der Waals surface area contributed by atoms with Gasteiger partial charge in [-0.2, -0.15) is 0 Å². The van der Waals surface area contributed by atoms with Crippen molar-refractivity contribution in [3.05, 3.63) is 87.0 Å². The molecule has 2 aromatic carbocycles. The van der Waals surface area contributed by atoms with Crippen LogP contribution in [0.3, 0.4) is 0 Å². The standard InChI is InChI=1S/C24H21N3O4S/c1-2-3-6-16-9-11-17(12-10-16)25-24-26-23(28)22(32-24)15-18-13-14-21(31-18)19-7-4-5-8-20(19)27(29)30/h4-5,7-15H,2-3,6H2,1H3,(H,25,26,28)/b22-15+. The van der Waals surface area contributed by atoms with Gasteiger partial charge in [0.1, 0.15) is 11.5 Å². The molecule has 4 rings (SSSR count). The molecule has 1 saturated heterocycles. The zero-order chi connectivity index (χ0) is 22.5. The van der Waals surface area contributed by atoms with Crippen molar-refractivity contribution >= 4 is 40.3 Å². The van der Waals surface area contributed by atoms with Gasteiger partial charge in [0, 0.05) is 12.1 Å². The normalized spacial score (nSPS) is 16.0. The van der Waals surface area contributed by atoms with E-state index < -0.39 is 4.92 Å². The average molecular weight is 448 g/mol. The molecule has 1 fully saturated rings. The fourth-order valence-corrected chi connectivity index (χ4v) is 4.08. The Hall–Kier alpha value is -3.65. The Labute approximate surface area is 189 Å². The Morgan fingerprint density at radius 2 is 1.91 bits per heavy atom. The number of thioether (sulfide) groups is 1. The molecule has 0 radical (unpaired) electrons. The Bertz CT molecular complexity index is 1210. The number of nitrogens with one attached hydrogen (secondary N) is 1. The summed E-state index contributed by atoms with van der Waals surface area (Å²) in [7, 11) is 0. The number of hydrogen-bond donors (Lipinski definition) is 1. The molecule has 1 aliphatic heterocycles. The zero-order valence-electron chi connectivity index (χ0n) is 17.4. The van der Waals surface area contributed by atoms with Gasteiger partial charge < -0.3 is 9.73 Å². The lowest BCUT2D eigenvalue weighted by Gasteiger charge is -2.01. The van der Waals surface area contributed by atoms with E-state index in [0.29, 0.717) is 27.2 Å². The highest BCUT2D eigenvalue weighted by molar-refractivity contribution is 8.18. The molecule has 162 valence electrons. The van der Waals surface area contributed by atoms with E-state index in [1.165, 1.54) is 23.4 Å². The summed E-state index contributed by atoms with van der Waals surface area (Å²) in [5.41, 5.74) is 2.39. The summed E-state index contributed by atoms with van der Waals surface area (Å²) in [6, 6.07) is 17.7. The molecule has 1 aliphatic rings. The van der Waals surface area contributed by atoms with E-state index in [1.54, 1.807) is 36.4 Å². The van der Waals surface area contributed by atoms with E-state index in [-0.39, 0.29) is 11.6 Å². The second-order valence-corrected chi connectivity index (χ2v) is 8.26. The van der Waals surface area contributed by atoms with Crippen LogP contribution in [0.15, 0.2) is 75.0 Å². The third-order valence-corrected chi connectivity index (χ3v) is 5.81. The molecule has 0 atom stereocenters. The van der Waals surface area contributed by atoms with Crippen LogP contribution in [0.1, 0.15) is 31.1 Å². The van der Waals surface area contributed by atoms with Crippen LogP contribution in [0.25, 0.3) is 17.4 Å². The predicted molar refractivity (Wildman–Crippen MR) is 127 cm³/mol. The van der Waals surface area contributed by atoms with E-state index in [9.17, 15) is 14.9 Å². The number of carbonyl (C=O) groups excluding carboxylic acids is 1. The molecular weight excluding hydrogens is 426 g/mol. The number of aliphatic imine (C=N–C) groups is 1. The summed E-state index contributed by atoms with van der Waals surface area (Å²) >= 11 is 1.22. The Kier molecular flexibility index (Phi) is 6.51. The van der Waals surface area contributed by atoms with E-state index in [0.717, 1.165) is 24.9 Å². The lowest BCUT2D eigenvalue weighted by molar-refractivity contribution is -0.384. The second kappa shape index (κ2) is 9.65. The summed E-state index contributed by atoms with van der Waals surface area (Å²) in [4.78, 5) is 28.1. The molecule has 0 aliphatic carbocycles. The largest absolute Gasteiger partial charge is 0.456 e. The highest BCUT2D eigenvalue weighted by Gasteiger charge is 2.25. The first kappa shape index (κ1) is 21.6. The molecule has 1 amide bonds. The number of benzene rings is 2. The van der Waals surface area contributed by atoms with E-state index in [2.05, 4.69) is 29.4 Å². The number of amides is 1. The van der Waals surface area contributed by atoms with Crippen molar-refractivity contribution in [2.45, 2.75) is 26.2 Å². The lowest BCUT2D eigenvalue weighted by atomic mass is 10.1. The number of para-hydroxylation sites is 1. The van der Waals surface area contributed by atoms with Gasteiger partial charge in [-0.25, -0.2) is 4.99 Å². The number of amidine groups is 1. The number of nitro benzene ring substituents is 1. The van der Waals surface area contributed by atoms with Gasteiger partial charge >= 0.3 is 0 Å². The predicted octanol–water partition coefficient (Wildman–Crippen LogP) is 6.09. The number of nitro groups is 1. The molecule has 0 saturated carbocycles. The Morgan fingerprint density at radius 1 is 1.12 bits per heavy atom. The van der Waals surface area contributed by atoms with Crippen molar-refractivity contribution in [2.24, 2.45) is 4.99 Å². The lowest BCUT2D eigenvalue weighted by Crippen LogP contribution is -2.19. The van der Waals surface area contributed by atoms with Crippen LogP contribution < -0.4 is 5.32 Å². The van der Waals surface area contributed by atoms with Crippen LogP contribution in [0.2, 0.25) is 0 Å². The number of hydrogen-bond acceptors (Lipinski definition) is 6. The highest BCUT2D eigenvalue weighted by atomic mass is 32.2. The molecule has 0 spiro atoms. The van der Waals surface area contributed by atoms with Crippen LogP contribution in [0.4, 0.5) is 11.4 Å². The third-order valence-electron chi connectivity index (χ3n) is 4.90. The Balaban J connectivity index is 1.50. The minimum atomic E-state index is -0.449. The average Bonchev–Trinajstić information content (AvgIpc) is 3.40. The fraction of sp³-hybridized carbons (Fsp3) is 0.167. The maximum Gasteiger partial charge on any atom is 0.280 e. The van der Waals surface area contributed by atoms with Crippen molar-refractivity contribution in [1.82, 2.24) is 5.32 Å². The van der Waals surface area contributed by atoms with Gasteiger partial charge in [0.05, 0.1) is 21.1 Å². The monoisotopic (exact) mass is 447 g/mol. The highest BCUT2D eigenvalue weighted by Crippen LogP contribution is 2.33. The number of furan rings is 1. The Morgan fingerprint density at radius 3 is 2.66 bits per heavy atom. The molecule has 3 aromatic rings. The van der Waals surface area contributed by atoms with E-state index >= 15 is 0 Å². The smallest absolute Gasteiger partial charge is 0.280 e. The molecule has 0 bridgehead atoms. The van der Waals surface area contributed by atoms with Crippen molar-refractivity contribution in [1.29, 1.82) is 0 Å². The zero-order valence-corrected chi connectivity index (χ0v) is 18.2. The number of rotatable bonds is 7. The number of carbonyl (C=O) groups is 1. The third kappa shape index (κ3) is 4.97. The summed E-state index contributed by atoms with van der Waals surface area (Å²) in [6.07, 6.45) is 4.96.